The van der Waals surface area contributed by atoms with Crippen molar-refractivity contribution in [2.75, 3.05) is 58.7 Å². The summed E-state index contributed by atoms with van der Waals surface area (Å²) in [4.78, 5) is 66.2. The van der Waals surface area contributed by atoms with Crippen molar-refractivity contribution in [1.29, 1.82) is 0 Å². The van der Waals surface area contributed by atoms with Crippen LogP contribution in [0.4, 0.5) is 35.1 Å². The highest BCUT2D eigenvalue weighted by molar-refractivity contribution is 7.98. The summed E-state index contributed by atoms with van der Waals surface area (Å²) in [5.41, 5.74) is -9.76. The summed E-state index contributed by atoms with van der Waals surface area (Å²) >= 11 is 0.993. The molecule has 0 fully saturated rings. The number of allylic oxidation sites excluding steroid dienone is 7. The van der Waals surface area contributed by atoms with E-state index < -0.39 is 282 Å². The molecule has 2 amide bonds. The van der Waals surface area contributed by atoms with Crippen molar-refractivity contribution in [3.63, 3.8) is 0 Å². The van der Waals surface area contributed by atoms with Crippen LogP contribution in [0.2, 0.25) is 0 Å². The van der Waals surface area contributed by atoms with E-state index in [9.17, 15) is 65.3 Å². The Morgan fingerprint density at radius 3 is 1.62 bits per heavy atom. The van der Waals surface area contributed by atoms with E-state index in [-0.39, 0.29) is 81.9 Å². The maximum absolute atomic E-state index is 14.9. The summed E-state index contributed by atoms with van der Waals surface area (Å²) in [6.45, 7) is -16.6. The molecule has 4 aliphatic rings. The predicted octanol–water partition coefficient (Wildman–Crippen LogP) is 14.9. The summed E-state index contributed by atoms with van der Waals surface area (Å²) in [6, 6.07) is -3.58. The van der Waals surface area contributed by atoms with Crippen LogP contribution in [0.25, 0.3) is 11.1 Å². The second kappa shape index (κ2) is 33.2. The Morgan fingerprint density at radius 1 is 0.604 bits per heavy atom. The number of rotatable bonds is 26. The van der Waals surface area contributed by atoms with E-state index in [0.717, 1.165) is 52.5 Å². The lowest BCUT2D eigenvalue weighted by molar-refractivity contribution is -0.137. The third-order valence-corrected chi connectivity index (χ3v) is 16.7. The Bertz CT molecular complexity index is 5590. The predicted molar refractivity (Wildman–Crippen MR) is 363 cm³/mol. The van der Waals surface area contributed by atoms with Gasteiger partial charge < -0.3 is 28.7 Å². The molecular formula is C74H84F8N8O4S2. The zero-order chi connectivity index (χ0) is 97.2. The highest BCUT2D eigenvalue weighted by atomic mass is 32.2. The number of carbonyl (C=O) groups is 2. The molecular weight excluding hydrogens is 1280 g/mol. The van der Waals surface area contributed by atoms with Gasteiger partial charge >= 0.3 is 12.4 Å². The maximum atomic E-state index is 14.9. The van der Waals surface area contributed by atoms with Crippen molar-refractivity contribution in [3.8, 4) is 11.1 Å². The number of hydrogen-bond donors (Lipinski definition) is 0. The first-order valence-corrected chi connectivity index (χ1v) is 31.8. The Morgan fingerprint density at radius 2 is 1.10 bits per heavy atom. The van der Waals surface area contributed by atoms with Gasteiger partial charge in [0, 0.05) is 95.0 Å². The number of fused-ring (bicyclic) bond motifs is 2. The molecule has 5 unspecified atom stereocenters. The first-order valence-electron chi connectivity index (χ1n) is 46.0. The summed E-state index contributed by atoms with van der Waals surface area (Å²) in [5.74, 6) is -11.9. The largest absolute Gasteiger partial charge is 0.416 e. The van der Waals surface area contributed by atoms with Gasteiger partial charge in [0.25, 0.3) is 11.1 Å². The van der Waals surface area contributed by atoms with Gasteiger partial charge in [-0.05, 0) is 164 Å². The fourth-order valence-corrected chi connectivity index (χ4v) is 11.4. The van der Waals surface area contributed by atoms with Gasteiger partial charge in [0.2, 0.25) is 11.8 Å². The smallest absolute Gasteiger partial charge is 0.336 e. The van der Waals surface area contributed by atoms with E-state index in [4.69, 9.17) is 32.9 Å². The Labute approximate surface area is 610 Å². The number of thioether (sulfide) groups is 2. The van der Waals surface area contributed by atoms with E-state index in [1.165, 1.54) is 52.0 Å². The standard InChI is InChI=1S/C37H40F4N4O2S.C37H44F4N4O2S/c1-4-43(5-2)18-19-44(22-26-6-10-28(11-7-26)29-12-14-30(15-13-29)37(39,40)41)34(46)23-45-33-21-25(3)20-32(33)35(47)42-36(45)48-24-27-8-16-31(38)17-9-27;1-4-43(5-2)19-20-44(22-26-9-13-28(14-10-26)29-15-18-32(25(3)21-29)37(39,40)41)34(46)23-45-33-8-6-7-31(33)35(47)42-36(45)48-24-27-11-16-30(38)17-12-27/h6-17,25H,4-5,18-24H2,1-3H3;9,11-13,15-18,25H,4-8,10,14,19-24H2,1-3H3/i8D,9D,16D,17D,18D2,19D2,20D2,21D2,22D2,25D;9D,10D,11D,12D,13D,14D,15D,16D,17D,18D,19D2,20D2,21D,22D2. The third kappa shape index (κ3) is 19.2. The molecule has 6 aromatic rings. The second-order valence-corrected chi connectivity index (χ2v) is 23.1. The van der Waals surface area contributed by atoms with E-state index in [2.05, 4.69) is 9.97 Å². The van der Waals surface area contributed by atoms with Crippen LogP contribution in [-0.2, 0) is 72.4 Å². The monoisotopic (exact) mass is 1400 g/mol. The minimum atomic E-state index is -5.14. The number of hydrogen-bond acceptors (Lipinski definition) is 10. The number of likely N-dealkylation sites (N-methyl/N-ethyl adjacent to an activating group) is 2. The molecule has 2 heterocycles. The summed E-state index contributed by atoms with van der Waals surface area (Å²) < 4.78 is 392. The molecule has 0 saturated carbocycles. The molecule has 10 rings (SSSR count). The van der Waals surface area contributed by atoms with Crippen LogP contribution in [0.3, 0.4) is 0 Å². The van der Waals surface area contributed by atoms with Crippen LogP contribution < -0.4 is 11.1 Å². The minimum Gasteiger partial charge on any atom is -0.336 e. The summed E-state index contributed by atoms with van der Waals surface area (Å²) in [6.07, 6.45) is -22.2. The number of nitrogens with zero attached hydrogens (tertiary/aromatic N) is 8. The van der Waals surface area contributed by atoms with Crippen LogP contribution in [0.15, 0.2) is 163 Å². The molecule has 96 heavy (non-hydrogen) atoms. The molecule has 4 aromatic carbocycles. The average Bonchev–Trinajstić information content (AvgIpc) is 1.52. The van der Waals surface area contributed by atoms with Crippen molar-refractivity contribution in [2.24, 2.45) is 11.8 Å². The van der Waals surface area contributed by atoms with Gasteiger partial charge in [0.05, 0.1) is 33.0 Å². The normalized spacial score (nSPS) is 26.4. The molecule has 0 N–H and O–H groups in total. The van der Waals surface area contributed by atoms with Gasteiger partial charge in [0.1, 0.15) is 24.7 Å². The van der Waals surface area contributed by atoms with Crippen LogP contribution in [0.1, 0.15) is 156 Å². The lowest BCUT2D eigenvalue weighted by atomic mass is 9.82. The van der Waals surface area contributed by atoms with Crippen molar-refractivity contribution in [2.45, 2.75) is 146 Å². The Balaban J connectivity index is 0.000000289. The van der Waals surface area contributed by atoms with Gasteiger partial charge in [-0.15, -0.1) is 0 Å². The molecule has 5 atom stereocenters. The van der Waals surface area contributed by atoms with Crippen molar-refractivity contribution in [3.05, 3.63) is 220 Å². The summed E-state index contributed by atoms with van der Waals surface area (Å²) in [7, 11) is 0. The first-order chi connectivity index (χ1) is 58.6. The van der Waals surface area contributed by atoms with E-state index in [1.54, 1.807) is 0 Å². The van der Waals surface area contributed by atoms with Crippen molar-refractivity contribution in [1.82, 2.24) is 38.7 Å². The number of aromatic nitrogens is 4. The summed E-state index contributed by atoms with van der Waals surface area (Å²) in [5, 5.41) is -1.01. The SMILES string of the molecule is [2H]C1=C(C2=C([2H])C([2H])=C(C(F)(F)F)C(C)C2[2H])C([2H])C([2H])C(C([2H])([2H])N(C(=O)Cn2c(SCc3c([2H])c([2H])c(F)c([2H])c3[2H])nc(=O)c3c2CCC3)C([2H])([2H])C([2H])([2H])N(CC)CC)=C1[2H].[2H]c1c([2H])c(CSc2nc(=O)c3c(n2CC(=O)N(C([2H])([2H])c2ccc(-c4ccc(C(F)(F)F)cc4)cc2)C([2H])([2H])C([2H])([2H])N(CC)CC)C([2H])([2H])C([2H])(C)C3([2H])[2H])c([2H])c([2H])c1F. The van der Waals surface area contributed by atoms with E-state index in [0.29, 0.717) is 34.5 Å². The number of alkyl halides is 6. The second-order valence-electron chi connectivity index (χ2n) is 21.2. The van der Waals surface area contributed by atoms with Crippen LogP contribution in [-0.4, -0.2) is 115 Å². The maximum Gasteiger partial charge on any atom is 0.416 e. The lowest BCUT2D eigenvalue weighted by Gasteiger charge is -2.30. The van der Waals surface area contributed by atoms with Gasteiger partial charge in [-0.3, -0.25) is 19.2 Å². The molecule has 12 nitrogen and oxygen atoms in total. The fraction of sp³-hybridized carbons (Fsp3) is 0.432. The topological polar surface area (TPSA) is 117 Å². The van der Waals surface area contributed by atoms with E-state index in [1.807, 2.05) is 0 Å². The lowest BCUT2D eigenvalue weighted by Crippen LogP contribution is -2.42. The van der Waals surface area contributed by atoms with Gasteiger partial charge in [0.15, 0.2) is 10.3 Å². The van der Waals surface area contributed by atoms with Gasteiger partial charge in [-0.25, -0.2) is 8.78 Å². The molecule has 0 saturated heterocycles. The third-order valence-electron chi connectivity index (χ3n) is 14.7. The van der Waals surface area contributed by atoms with Crippen LogP contribution >= 0.6 is 23.5 Å². The Kier molecular flexibility index (Phi) is 14.2. The fourth-order valence-electron chi connectivity index (χ4n) is 9.63. The average molecular weight is 1400 g/mol. The molecule has 512 valence electrons. The Hall–Kier alpha value is -7.40. The molecule has 0 radical (unpaired) electrons. The highest BCUT2D eigenvalue weighted by Gasteiger charge is 2.38. The van der Waals surface area contributed by atoms with Gasteiger partial charge in [-0.2, -0.15) is 36.3 Å². The minimum absolute atomic E-state index is 0.0774. The zero-order valence-corrected chi connectivity index (χ0v) is 53.9. The molecule has 4 aliphatic carbocycles. The van der Waals surface area contributed by atoms with Gasteiger partial charge in [-0.1, -0.05) is 155 Å². The van der Waals surface area contributed by atoms with E-state index >= 15 is 0 Å². The zero-order valence-electron chi connectivity index (χ0n) is 84.3. The number of amides is 2. The molecule has 22 heteroatoms. The highest BCUT2D eigenvalue weighted by Crippen LogP contribution is 2.41. The van der Waals surface area contributed by atoms with Crippen LogP contribution in [0, 0.1) is 23.4 Å². The van der Waals surface area contributed by atoms with Crippen molar-refractivity contribution >= 4 is 35.3 Å². The van der Waals surface area contributed by atoms with Crippen molar-refractivity contribution < 1.29 is 88.6 Å². The number of benzene rings is 4. The number of carbonyl (C=O) groups excluding carboxylic acids is 2. The molecule has 2 aromatic heterocycles. The van der Waals surface area contributed by atoms with Crippen LogP contribution in [0.5, 0.6) is 0 Å². The molecule has 0 spiro atoms. The first kappa shape index (κ1) is 41.1. The number of halogens is 8. The quantitative estimate of drug-likeness (QED) is 0.0295. The molecule has 0 bridgehead atoms. The molecule has 0 aliphatic heterocycles.